The molecule has 0 aliphatic carbocycles. The lowest BCUT2D eigenvalue weighted by Gasteiger charge is -2.37. The van der Waals surface area contributed by atoms with E-state index in [2.05, 4.69) is 20.5 Å². The number of nitrogens with one attached hydrogen (secondary N) is 1. The highest BCUT2D eigenvalue weighted by Crippen LogP contribution is 2.51. The van der Waals surface area contributed by atoms with Gasteiger partial charge in [0.05, 0.1) is 24.3 Å². The highest BCUT2D eigenvalue weighted by Gasteiger charge is 2.45. The van der Waals surface area contributed by atoms with Crippen molar-refractivity contribution in [1.29, 1.82) is 0 Å². The Morgan fingerprint density at radius 3 is 2.40 bits per heavy atom. The Bertz CT molecular complexity index is 1570. The van der Waals surface area contributed by atoms with Gasteiger partial charge in [-0.3, -0.25) is 9.59 Å². The molecular weight excluding hydrogens is 552 g/mol. The molecular formula is C28H25ClN6O4S. The number of halogens is 1. The number of benzene rings is 1. The summed E-state index contributed by atoms with van der Waals surface area (Å²) in [6.45, 7) is 5.99. The zero-order valence-corrected chi connectivity index (χ0v) is 23.3. The highest BCUT2D eigenvalue weighted by atomic mass is 35.5. The Morgan fingerprint density at radius 1 is 1.00 bits per heavy atom. The van der Waals surface area contributed by atoms with Gasteiger partial charge in [0, 0.05) is 41.3 Å². The number of carbonyl (C=O) groups is 2. The molecule has 6 rings (SSSR count). The molecule has 12 heteroatoms. The van der Waals surface area contributed by atoms with Gasteiger partial charge < -0.3 is 19.7 Å². The van der Waals surface area contributed by atoms with Crippen LogP contribution in [0, 0.1) is 5.41 Å². The predicted octanol–water partition coefficient (Wildman–Crippen LogP) is 5.02. The normalized spacial score (nSPS) is 16.5. The van der Waals surface area contributed by atoms with Crippen molar-refractivity contribution in [3.05, 3.63) is 75.9 Å². The van der Waals surface area contributed by atoms with E-state index in [0.29, 0.717) is 54.5 Å². The topological polar surface area (TPSA) is 119 Å². The summed E-state index contributed by atoms with van der Waals surface area (Å²) in [6.07, 6.45) is 0. The molecule has 0 saturated carbocycles. The summed E-state index contributed by atoms with van der Waals surface area (Å²) >= 11 is 7.45. The largest absolute Gasteiger partial charge is 0.420 e. The number of pyridine rings is 2. The number of rotatable bonds is 5. The first-order valence-electron chi connectivity index (χ1n) is 12.7. The van der Waals surface area contributed by atoms with Gasteiger partial charge in [-0.15, -0.1) is 10.2 Å². The van der Waals surface area contributed by atoms with E-state index in [1.54, 1.807) is 28.6 Å². The maximum atomic E-state index is 13.5. The van der Waals surface area contributed by atoms with Crippen molar-refractivity contribution in [2.24, 2.45) is 5.41 Å². The maximum absolute atomic E-state index is 13.5. The SMILES string of the molecule is CC(C)(C(=O)Nc1nncs1)C1c2ccc(Cl)nc2Oc2nc(-c3ccc(C(=O)N4CCOCC4)cc3)ccc21. The summed E-state index contributed by atoms with van der Waals surface area (Å²) in [4.78, 5) is 37.3. The fourth-order valence-electron chi connectivity index (χ4n) is 5.03. The van der Waals surface area contributed by atoms with E-state index in [1.807, 2.05) is 44.2 Å². The second-order valence-corrected chi connectivity index (χ2v) is 11.3. The lowest BCUT2D eigenvalue weighted by molar-refractivity contribution is -0.124. The third kappa shape index (κ3) is 4.91. The zero-order valence-electron chi connectivity index (χ0n) is 21.8. The Balaban J connectivity index is 1.33. The number of anilines is 1. The van der Waals surface area contributed by atoms with E-state index in [0.717, 1.165) is 16.7 Å². The summed E-state index contributed by atoms with van der Waals surface area (Å²) in [5, 5.41) is 11.3. The Hall–Kier alpha value is -3.93. The minimum absolute atomic E-state index is 0.0203. The Morgan fingerprint density at radius 2 is 1.70 bits per heavy atom. The van der Waals surface area contributed by atoms with Crippen molar-refractivity contribution in [3.63, 3.8) is 0 Å². The lowest BCUT2D eigenvalue weighted by Crippen LogP contribution is -2.40. The van der Waals surface area contributed by atoms with Crippen LogP contribution in [-0.4, -0.2) is 63.2 Å². The standard InChI is InChI=1S/C28H25ClN6O4S/c1-28(2,26(37)33-27-34-30-15-40-27)22-18-7-9-20(31-23(18)39-24-19(22)8-10-21(29)32-24)16-3-5-17(6-4-16)25(36)35-11-13-38-14-12-35/h3-10,15,22H,11-14H2,1-2H3,(H,33,34,37). The molecule has 40 heavy (non-hydrogen) atoms. The Kier molecular flexibility index (Phi) is 6.95. The van der Waals surface area contributed by atoms with Crippen LogP contribution in [0.5, 0.6) is 11.8 Å². The molecule has 2 aliphatic heterocycles. The van der Waals surface area contributed by atoms with Crippen LogP contribution in [0.2, 0.25) is 5.15 Å². The quantitative estimate of drug-likeness (QED) is 0.329. The molecule has 0 bridgehead atoms. The Labute approximate surface area is 239 Å². The van der Waals surface area contributed by atoms with Gasteiger partial charge in [-0.25, -0.2) is 9.97 Å². The first-order valence-corrected chi connectivity index (χ1v) is 14.0. The molecule has 1 fully saturated rings. The smallest absolute Gasteiger partial charge is 0.254 e. The summed E-state index contributed by atoms with van der Waals surface area (Å²) in [5.41, 5.74) is 4.18. The van der Waals surface area contributed by atoms with Gasteiger partial charge in [-0.2, -0.15) is 0 Å². The summed E-state index contributed by atoms with van der Waals surface area (Å²) in [7, 11) is 0. The van der Waals surface area contributed by atoms with Gasteiger partial charge in [0.15, 0.2) is 0 Å². The van der Waals surface area contributed by atoms with Crippen LogP contribution in [0.1, 0.15) is 41.3 Å². The monoisotopic (exact) mass is 576 g/mol. The van der Waals surface area contributed by atoms with Crippen LogP contribution < -0.4 is 10.1 Å². The number of hydrogen-bond acceptors (Lipinski definition) is 9. The van der Waals surface area contributed by atoms with E-state index in [1.165, 1.54) is 11.3 Å². The molecule has 204 valence electrons. The average molecular weight is 577 g/mol. The second kappa shape index (κ2) is 10.6. The number of nitrogens with zero attached hydrogens (tertiary/aromatic N) is 5. The number of ether oxygens (including phenoxy) is 2. The summed E-state index contributed by atoms with van der Waals surface area (Å²) in [6, 6.07) is 14.7. The van der Waals surface area contributed by atoms with E-state index < -0.39 is 11.3 Å². The van der Waals surface area contributed by atoms with Crippen molar-refractivity contribution >= 4 is 39.9 Å². The van der Waals surface area contributed by atoms with Crippen molar-refractivity contribution in [2.45, 2.75) is 19.8 Å². The molecule has 1 saturated heterocycles. The lowest BCUT2D eigenvalue weighted by atomic mass is 9.70. The van der Waals surface area contributed by atoms with E-state index >= 15 is 0 Å². The first-order chi connectivity index (χ1) is 19.3. The second-order valence-electron chi connectivity index (χ2n) is 10.1. The number of aromatic nitrogens is 4. The van der Waals surface area contributed by atoms with Crippen molar-refractivity contribution in [1.82, 2.24) is 25.1 Å². The minimum atomic E-state index is -0.945. The van der Waals surface area contributed by atoms with Crippen molar-refractivity contribution in [2.75, 3.05) is 31.6 Å². The van der Waals surface area contributed by atoms with Gasteiger partial charge in [0.25, 0.3) is 5.91 Å². The molecule has 10 nitrogen and oxygen atoms in total. The number of hydrogen-bond donors (Lipinski definition) is 1. The van der Waals surface area contributed by atoms with Gasteiger partial charge in [0.2, 0.25) is 22.8 Å². The molecule has 0 spiro atoms. The van der Waals surface area contributed by atoms with Crippen LogP contribution in [0.25, 0.3) is 11.3 Å². The van der Waals surface area contributed by atoms with Crippen molar-refractivity contribution in [3.8, 4) is 23.0 Å². The summed E-state index contributed by atoms with van der Waals surface area (Å²) in [5.74, 6) is -0.0347. The molecule has 1 aromatic carbocycles. The third-order valence-electron chi connectivity index (χ3n) is 7.17. The fraction of sp³-hybridized carbons (Fsp3) is 0.286. The number of carbonyl (C=O) groups excluding carboxylic acids is 2. The zero-order chi connectivity index (χ0) is 27.9. The van der Waals surface area contributed by atoms with Crippen LogP contribution in [0.15, 0.2) is 54.0 Å². The average Bonchev–Trinajstić information content (AvgIpc) is 3.48. The van der Waals surface area contributed by atoms with Crippen LogP contribution in [-0.2, 0) is 9.53 Å². The minimum Gasteiger partial charge on any atom is -0.420 e. The van der Waals surface area contributed by atoms with Gasteiger partial charge in [-0.1, -0.05) is 55.0 Å². The molecule has 2 amide bonds. The molecule has 1 N–H and O–H groups in total. The third-order valence-corrected chi connectivity index (χ3v) is 7.99. The highest BCUT2D eigenvalue weighted by molar-refractivity contribution is 7.13. The van der Waals surface area contributed by atoms with Gasteiger partial charge in [-0.05, 0) is 30.3 Å². The molecule has 5 heterocycles. The van der Waals surface area contributed by atoms with E-state index in [9.17, 15) is 9.59 Å². The van der Waals surface area contributed by atoms with Crippen LogP contribution in [0.4, 0.5) is 5.13 Å². The molecule has 1 unspecified atom stereocenters. The molecule has 4 aromatic rings. The van der Waals surface area contributed by atoms with Crippen LogP contribution in [0.3, 0.4) is 0 Å². The van der Waals surface area contributed by atoms with Gasteiger partial charge in [0.1, 0.15) is 10.7 Å². The number of morpholine rings is 1. The van der Waals surface area contributed by atoms with Crippen LogP contribution >= 0.6 is 22.9 Å². The maximum Gasteiger partial charge on any atom is 0.254 e. The van der Waals surface area contributed by atoms with E-state index in [-0.39, 0.29) is 17.0 Å². The molecule has 3 aromatic heterocycles. The number of amides is 2. The first kappa shape index (κ1) is 26.3. The van der Waals surface area contributed by atoms with E-state index in [4.69, 9.17) is 26.1 Å². The number of fused-ring (bicyclic) bond motifs is 2. The summed E-state index contributed by atoms with van der Waals surface area (Å²) < 4.78 is 11.5. The van der Waals surface area contributed by atoms with Crippen molar-refractivity contribution < 1.29 is 19.1 Å². The van der Waals surface area contributed by atoms with Gasteiger partial charge >= 0.3 is 0 Å². The molecule has 0 radical (unpaired) electrons. The molecule has 1 atom stereocenters. The fourth-order valence-corrected chi connectivity index (χ4v) is 5.61. The predicted molar refractivity (Wildman–Crippen MR) is 150 cm³/mol. The molecule has 2 aliphatic rings.